The van der Waals surface area contributed by atoms with E-state index >= 15 is 0 Å². The summed E-state index contributed by atoms with van der Waals surface area (Å²) in [6, 6.07) is 6.35. The van der Waals surface area contributed by atoms with Crippen molar-refractivity contribution in [3.63, 3.8) is 0 Å². The first-order valence-electron chi connectivity index (χ1n) is 7.78. The molecule has 2 heterocycles. The molecular formula is C17H22Cl2FN3O2. The van der Waals surface area contributed by atoms with Crippen LogP contribution in [0.15, 0.2) is 34.9 Å². The summed E-state index contributed by atoms with van der Waals surface area (Å²) in [6.45, 7) is 5.62. The predicted molar refractivity (Wildman–Crippen MR) is 98.7 cm³/mol. The van der Waals surface area contributed by atoms with E-state index in [1.165, 1.54) is 18.4 Å². The summed E-state index contributed by atoms with van der Waals surface area (Å²) in [4.78, 5) is 18.7. The lowest BCUT2D eigenvalue weighted by molar-refractivity contribution is -0.134. The first-order valence-corrected chi connectivity index (χ1v) is 7.78. The molecule has 25 heavy (non-hydrogen) atoms. The zero-order chi connectivity index (χ0) is 16.4. The number of hydrogen-bond donors (Lipinski definition) is 1. The van der Waals surface area contributed by atoms with Gasteiger partial charge in [0.15, 0.2) is 0 Å². The smallest absolute Gasteiger partial charge is 0.229 e. The van der Waals surface area contributed by atoms with Crippen molar-refractivity contribution < 1.29 is 13.6 Å². The Morgan fingerprint density at radius 3 is 2.68 bits per heavy atom. The number of rotatable bonds is 3. The highest BCUT2D eigenvalue weighted by Gasteiger charge is 2.28. The molecule has 138 valence electrons. The summed E-state index contributed by atoms with van der Waals surface area (Å²) < 4.78 is 18.4. The number of aromatic nitrogens is 1. The molecule has 5 nitrogen and oxygen atoms in total. The maximum atomic E-state index is 12.9. The van der Waals surface area contributed by atoms with Gasteiger partial charge < -0.3 is 14.6 Å². The molecule has 0 aliphatic carbocycles. The highest BCUT2D eigenvalue weighted by atomic mass is 35.5. The fraction of sp³-hybridized carbons (Fsp3) is 0.412. The molecule has 1 aliphatic rings. The Morgan fingerprint density at radius 1 is 1.32 bits per heavy atom. The van der Waals surface area contributed by atoms with Gasteiger partial charge in [0.05, 0.1) is 12.1 Å². The van der Waals surface area contributed by atoms with Gasteiger partial charge in [-0.1, -0.05) is 0 Å². The van der Waals surface area contributed by atoms with Crippen LogP contribution in [0.1, 0.15) is 19.5 Å². The van der Waals surface area contributed by atoms with Crippen LogP contribution in [0.5, 0.6) is 0 Å². The van der Waals surface area contributed by atoms with Gasteiger partial charge in [0.1, 0.15) is 12.1 Å². The van der Waals surface area contributed by atoms with Crippen LogP contribution in [0, 0.1) is 5.82 Å². The molecule has 0 spiro atoms. The number of piperazine rings is 1. The second-order valence-corrected chi connectivity index (χ2v) is 5.90. The summed E-state index contributed by atoms with van der Waals surface area (Å²) in [5.74, 6) is 0.136. The van der Waals surface area contributed by atoms with E-state index in [1.807, 2.05) is 11.8 Å². The van der Waals surface area contributed by atoms with Crippen molar-refractivity contribution >= 4 is 30.7 Å². The SMILES string of the molecule is CC1NCCN(C(=O)Cc2coc(-c3ccc(F)cc3)n2)C1C.Cl.Cl. The molecule has 0 saturated carbocycles. The molecule has 1 aromatic carbocycles. The molecule has 2 aromatic rings. The number of oxazole rings is 1. The molecule has 2 atom stereocenters. The van der Waals surface area contributed by atoms with Crippen LogP contribution in [0.25, 0.3) is 11.5 Å². The highest BCUT2D eigenvalue weighted by molar-refractivity contribution is 5.85. The van der Waals surface area contributed by atoms with Crippen molar-refractivity contribution in [2.24, 2.45) is 0 Å². The predicted octanol–water partition coefficient (Wildman–Crippen LogP) is 3.08. The summed E-state index contributed by atoms with van der Waals surface area (Å²) in [7, 11) is 0. The Morgan fingerprint density at radius 2 is 2.00 bits per heavy atom. The first kappa shape index (κ1) is 21.4. The molecule has 1 N–H and O–H groups in total. The lowest BCUT2D eigenvalue weighted by Crippen LogP contribution is -2.57. The van der Waals surface area contributed by atoms with E-state index in [0.717, 1.165) is 6.54 Å². The Kier molecular flexibility index (Phi) is 7.86. The molecular weight excluding hydrogens is 368 g/mol. The average Bonchev–Trinajstić information content (AvgIpc) is 2.99. The summed E-state index contributed by atoms with van der Waals surface area (Å²) in [5, 5.41) is 3.35. The number of hydrogen-bond acceptors (Lipinski definition) is 4. The van der Waals surface area contributed by atoms with E-state index in [9.17, 15) is 9.18 Å². The van der Waals surface area contributed by atoms with Gasteiger partial charge in [-0.3, -0.25) is 4.79 Å². The van der Waals surface area contributed by atoms with Crippen molar-refractivity contribution in [1.29, 1.82) is 0 Å². The van der Waals surface area contributed by atoms with Crippen LogP contribution in [-0.2, 0) is 11.2 Å². The second-order valence-electron chi connectivity index (χ2n) is 5.90. The van der Waals surface area contributed by atoms with E-state index in [0.29, 0.717) is 23.7 Å². The lowest BCUT2D eigenvalue weighted by Gasteiger charge is -2.38. The van der Waals surface area contributed by atoms with Gasteiger partial charge in [-0.15, -0.1) is 24.8 Å². The van der Waals surface area contributed by atoms with Gasteiger partial charge in [-0.05, 0) is 38.1 Å². The standard InChI is InChI=1S/C17H20FN3O2.2ClH/c1-11-12(2)21(8-7-19-11)16(22)9-15-10-23-17(20-15)13-3-5-14(18)6-4-13;;/h3-6,10-12,19H,7-9H2,1-2H3;2*1H. The molecule has 1 aliphatic heterocycles. The maximum absolute atomic E-state index is 12.9. The minimum Gasteiger partial charge on any atom is -0.444 e. The molecule has 0 radical (unpaired) electrons. The van der Waals surface area contributed by atoms with Crippen LogP contribution in [-0.4, -0.2) is 41.0 Å². The molecule has 1 amide bonds. The summed E-state index contributed by atoms with van der Waals surface area (Å²) in [5.41, 5.74) is 1.28. The number of carbonyl (C=O) groups is 1. The average molecular weight is 390 g/mol. The summed E-state index contributed by atoms with van der Waals surface area (Å²) >= 11 is 0. The lowest BCUT2D eigenvalue weighted by atomic mass is 10.1. The maximum Gasteiger partial charge on any atom is 0.229 e. The first-order chi connectivity index (χ1) is 11.0. The molecule has 0 bridgehead atoms. The van der Waals surface area contributed by atoms with Gasteiger partial charge >= 0.3 is 0 Å². The van der Waals surface area contributed by atoms with Crippen molar-refractivity contribution in [2.45, 2.75) is 32.4 Å². The second kappa shape index (κ2) is 9.17. The van der Waals surface area contributed by atoms with Crippen LogP contribution < -0.4 is 5.32 Å². The van der Waals surface area contributed by atoms with Gasteiger partial charge in [-0.25, -0.2) is 9.37 Å². The normalized spacial score (nSPS) is 19.7. The van der Waals surface area contributed by atoms with Crippen molar-refractivity contribution in [3.8, 4) is 11.5 Å². The van der Waals surface area contributed by atoms with Crippen LogP contribution in [0.4, 0.5) is 4.39 Å². The summed E-state index contributed by atoms with van der Waals surface area (Å²) in [6.07, 6.45) is 1.70. The van der Waals surface area contributed by atoms with E-state index in [4.69, 9.17) is 4.42 Å². The quantitative estimate of drug-likeness (QED) is 0.875. The Hall–Kier alpha value is -1.63. The van der Waals surface area contributed by atoms with Crippen LogP contribution in [0.3, 0.4) is 0 Å². The third-order valence-electron chi connectivity index (χ3n) is 4.33. The van der Waals surface area contributed by atoms with Crippen molar-refractivity contribution in [3.05, 3.63) is 42.0 Å². The molecule has 8 heteroatoms. The fourth-order valence-corrected chi connectivity index (χ4v) is 2.78. The minimum absolute atomic E-state index is 0. The monoisotopic (exact) mass is 389 g/mol. The number of halogens is 3. The molecule has 1 fully saturated rings. The molecule has 1 aromatic heterocycles. The van der Waals surface area contributed by atoms with Gasteiger partial charge in [-0.2, -0.15) is 0 Å². The third-order valence-corrected chi connectivity index (χ3v) is 4.33. The van der Waals surface area contributed by atoms with Crippen molar-refractivity contribution in [2.75, 3.05) is 13.1 Å². The van der Waals surface area contributed by atoms with Gasteiger partial charge in [0, 0.05) is 30.7 Å². The largest absolute Gasteiger partial charge is 0.444 e. The number of carbonyl (C=O) groups excluding carboxylic acids is 1. The minimum atomic E-state index is -0.308. The zero-order valence-electron chi connectivity index (χ0n) is 14.1. The number of nitrogens with zero attached hydrogens (tertiary/aromatic N) is 2. The highest BCUT2D eigenvalue weighted by Crippen LogP contribution is 2.20. The fourth-order valence-electron chi connectivity index (χ4n) is 2.78. The molecule has 3 rings (SSSR count). The Balaban J connectivity index is 0.00000156. The Labute approximate surface area is 158 Å². The van der Waals surface area contributed by atoms with Gasteiger partial charge in [0.25, 0.3) is 0 Å². The van der Waals surface area contributed by atoms with Crippen LogP contribution >= 0.6 is 24.8 Å². The van der Waals surface area contributed by atoms with Gasteiger partial charge in [0.2, 0.25) is 11.8 Å². The number of nitrogens with one attached hydrogen (secondary N) is 1. The number of benzene rings is 1. The third kappa shape index (κ3) is 4.93. The molecule has 2 unspecified atom stereocenters. The topological polar surface area (TPSA) is 58.4 Å². The van der Waals surface area contributed by atoms with E-state index in [1.54, 1.807) is 12.1 Å². The Bertz CT molecular complexity index is 693. The van der Waals surface area contributed by atoms with E-state index in [-0.39, 0.29) is 55.0 Å². The number of amides is 1. The molecule has 1 saturated heterocycles. The van der Waals surface area contributed by atoms with E-state index < -0.39 is 0 Å². The zero-order valence-corrected chi connectivity index (χ0v) is 15.7. The van der Waals surface area contributed by atoms with Crippen LogP contribution in [0.2, 0.25) is 0 Å². The van der Waals surface area contributed by atoms with E-state index in [2.05, 4.69) is 17.2 Å². The van der Waals surface area contributed by atoms with Crippen molar-refractivity contribution in [1.82, 2.24) is 15.2 Å².